The lowest BCUT2D eigenvalue weighted by molar-refractivity contribution is 0.353. The number of likely N-dealkylation sites (tertiary alicyclic amines) is 1. The molecule has 3 heterocycles. The second-order valence-electron chi connectivity index (χ2n) is 5.01. The van der Waals surface area contributed by atoms with Crippen molar-refractivity contribution in [2.45, 2.75) is 25.8 Å². The molecule has 0 amide bonds. The van der Waals surface area contributed by atoms with Crippen LogP contribution < -0.4 is 5.73 Å². The van der Waals surface area contributed by atoms with Gasteiger partial charge in [0, 0.05) is 37.0 Å². The molecule has 0 spiro atoms. The Hall–Kier alpha value is -1.39. The first-order chi connectivity index (χ1) is 8.81. The van der Waals surface area contributed by atoms with Gasteiger partial charge < -0.3 is 15.0 Å². The third kappa shape index (κ3) is 1.91. The normalized spacial score (nSPS) is 20.9. The molecule has 0 aromatic carbocycles. The maximum absolute atomic E-state index is 5.76. The van der Waals surface area contributed by atoms with Crippen LogP contribution >= 0.6 is 0 Å². The van der Waals surface area contributed by atoms with E-state index in [0.29, 0.717) is 12.5 Å². The maximum atomic E-state index is 5.76. The summed E-state index contributed by atoms with van der Waals surface area (Å²) in [5.74, 6) is 0.579. The Bertz CT molecular complexity index is 546. The Kier molecular flexibility index (Phi) is 3.06. The average molecular weight is 244 g/mol. The van der Waals surface area contributed by atoms with E-state index in [9.17, 15) is 0 Å². The van der Waals surface area contributed by atoms with Crippen LogP contribution in [0.4, 0.5) is 0 Å². The number of nitrogens with zero attached hydrogens (tertiary/aromatic N) is 3. The molecule has 0 bridgehead atoms. The monoisotopic (exact) mass is 244 g/mol. The number of nitrogens with two attached hydrogens (primary N) is 1. The fourth-order valence-electron chi connectivity index (χ4n) is 2.81. The molecule has 4 nitrogen and oxygen atoms in total. The molecule has 1 aliphatic heterocycles. The number of pyridine rings is 1. The fraction of sp³-hybridized carbons (Fsp3) is 0.500. The molecule has 18 heavy (non-hydrogen) atoms. The molecule has 1 aliphatic rings. The molecule has 1 fully saturated rings. The molecular formula is C14H20N4. The predicted molar refractivity (Wildman–Crippen MR) is 72.6 cm³/mol. The lowest BCUT2D eigenvalue weighted by Gasteiger charge is -2.11. The van der Waals surface area contributed by atoms with Crippen molar-refractivity contribution in [3.8, 4) is 0 Å². The summed E-state index contributed by atoms with van der Waals surface area (Å²) < 4.78 is 2.10. The van der Waals surface area contributed by atoms with Gasteiger partial charge in [-0.25, -0.2) is 4.98 Å². The van der Waals surface area contributed by atoms with E-state index in [-0.39, 0.29) is 0 Å². The van der Waals surface area contributed by atoms with Crippen molar-refractivity contribution in [3.63, 3.8) is 0 Å². The number of imidazole rings is 1. The van der Waals surface area contributed by atoms with Gasteiger partial charge in [-0.3, -0.25) is 0 Å². The van der Waals surface area contributed by atoms with Gasteiger partial charge in [0.05, 0.1) is 5.69 Å². The standard InChI is InChI=1S/C14H20N4/c1-2-17-7-5-12(9-17)13-10-18-6-3-4-11(8-15)14(18)16-13/h3-4,6,10,12H,2,5,7-9,15H2,1H3. The second-order valence-corrected chi connectivity index (χ2v) is 5.01. The molecular weight excluding hydrogens is 224 g/mol. The Morgan fingerprint density at radius 3 is 3.11 bits per heavy atom. The minimum atomic E-state index is 0.548. The number of rotatable bonds is 3. The smallest absolute Gasteiger partial charge is 0.141 e. The zero-order valence-electron chi connectivity index (χ0n) is 10.8. The van der Waals surface area contributed by atoms with E-state index in [0.717, 1.165) is 24.3 Å². The van der Waals surface area contributed by atoms with Gasteiger partial charge in [0.25, 0.3) is 0 Å². The molecule has 96 valence electrons. The molecule has 2 N–H and O–H groups in total. The molecule has 0 saturated carbocycles. The molecule has 0 aliphatic carbocycles. The van der Waals surface area contributed by atoms with Crippen LogP contribution in [0, 0.1) is 0 Å². The summed E-state index contributed by atoms with van der Waals surface area (Å²) in [6.07, 6.45) is 5.44. The summed E-state index contributed by atoms with van der Waals surface area (Å²) in [5, 5.41) is 0. The highest BCUT2D eigenvalue weighted by molar-refractivity contribution is 5.49. The predicted octanol–water partition coefficient (Wildman–Crippen LogP) is 1.60. The van der Waals surface area contributed by atoms with Crippen molar-refractivity contribution >= 4 is 5.65 Å². The first-order valence-electron chi connectivity index (χ1n) is 6.70. The van der Waals surface area contributed by atoms with Crippen LogP contribution in [-0.2, 0) is 6.54 Å². The zero-order valence-corrected chi connectivity index (χ0v) is 10.8. The zero-order chi connectivity index (χ0) is 12.5. The van der Waals surface area contributed by atoms with Gasteiger partial charge in [0.1, 0.15) is 5.65 Å². The summed E-state index contributed by atoms with van der Waals surface area (Å²) >= 11 is 0. The van der Waals surface area contributed by atoms with E-state index in [4.69, 9.17) is 10.7 Å². The van der Waals surface area contributed by atoms with Gasteiger partial charge >= 0.3 is 0 Å². The summed E-state index contributed by atoms with van der Waals surface area (Å²) in [5.41, 5.74) is 9.11. The van der Waals surface area contributed by atoms with E-state index in [1.165, 1.54) is 18.7 Å². The van der Waals surface area contributed by atoms with Crippen molar-refractivity contribution in [2.75, 3.05) is 19.6 Å². The summed E-state index contributed by atoms with van der Waals surface area (Å²) in [6.45, 7) is 6.24. The van der Waals surface area contributed by atoms with Crippen LogP contribution in [0.3, 0.4) is 0 Å². The maximum Gasteiger partial charge on any atom is 0.141 e. The van der Waals surface area contributed by atoms with Crippen molar-refractivity contribution in [3.05, 3.63) is 35.8 Å². The summed E-state index contributed by atoms with van der Waals surface area (Å²) in [7, 11) is 0. The van der Waals surface area contributed by atoms with Gasteiger partial charge in [0.2, 0.25) is 0 Å². The lowest BCUT2D eigenvalue weighted by Crippen LogP contribution is -2.19. The van der Waals surface area contributed by atoms with Crippen LogP contribution in [0.15, 0.2) is 24.5 Å². The number of hydrogen-bond donors (Lipinski definition) is 1. The number of aromatic nitrogens is 2. The molecule has 1 unspecified atom stereocenters. The fourth-order valence-corrected chi connectivity index (χ4v) is 2.81. The third-order valence-corrected chi connectivity index (χ3v) is 3.94. The number of hydrogen-bond acceptors (Lipinski definition) is 3. The van der Waals surface area contributed by atoms with Gasteiger partial charge in [-0.1, -0.05) is 13.0 Å². The highest BCUT2D eigenvalue weighted by Gasteiger charge is 2.24. The summed E-state index contributed by atoms with van der Waals surface area (Å²) in [4.78, 5) is 7.28. The van der Waals surface area contributed by atoms with E-state index in [2.05, 4.69) is 34.7 Å². The van der Waals surface area contributed by atoms with E-state index in [1.807, 2.05) is 6.07 Å². The highest BCUT2D eigenvalue weighted by atomic mass is 15.1. The topological polar surface area (TPSA) is 46.6 Å². The minimum Gasteiger partial charge on any atom is -0.326 e. The first-order valence-corrected chi connectivity index (χ1v) is 6.70. The Morgan fingerprint density at radius 1 is 1.50 bits per heavy atom. The van der Waals surface area contributed by atoms with Crippen molar-refractivity contribution in [2.24, 2.45) is 5.73 Å². The van der Waals surface area contributed by atoms with E-state index >= 15 is 0 Å². The second kappa shape index (κ2) is 4.71. The van der Waals surface area contributed by atoms with Crippen LogP contribution in [0.2, 0.25) is 0 Å². The van der Waals surface area contributed by atoms with Gasteiger partial charge in [-0.15, -0.1) is 0 Å². The third-order valence-electron chi connectivity index (χ3n) is 3.94. The molecule has 2 aromatic heterocycles. The SMILES string of the molecule is CCN1CCC(c2cn3cccc(CN)c3n2)C1. The molecule has 3 rings (SSSR count). The van der Waals surface area contributed by atoms with Crippen LogP contribution in [0.1, 0.15) is 30.5 Å². The van der Waals surface area contributed by atoms with E-state index in [1.54, 1.807) is 0 Å². The average Bonchev–Trinajstić information content (AvgIpc) is 3.03. The Labute approximate surface area is 107 Å². The van der Waals surface area contributed by atoms with Gasteiger partial charge in [-0.2, -0.15) is 0 Å². The summed E-state index contributed by atoms with van der Waals surface area (Å²) in [6, 6.07) is 4.09. The minimum absolute atomic E-state index is 0.548. The van der Waals surface area contributed by atoms with E-state index < -0.39 is 0 Å². The Balaban J connectivity index is 1.94. The highest BCUT2D eigenvalue weighted by Crippen LogP contribution is 2.27. The largest absolute Gasteiger partial charge is 0.326 e. The molecule has 4 heteroatoms. The first kappa shape index (κ1) is 11.7. The molecule has 2 aromatic rings. The van der Waals surface area contributed by atoms with Gasteiger partial charge in [-0.05, 0) is 25.6 Å². The quantitative estimate of drug-likeness (QED) is 0.892. The van der Waals surface area contributed by atoms with Crippen molar-refractivity contribution in [1.82, 2.24) is 14.3 Å². The van der Waals surface area contributed by atoms with Crippen molar-refractivity contribution in [1.29, 1.82) is 0 Å². The van der Waals surface area contributed by atoms with Crippen LogP contribution in [-0.4, -0.2) is 33.9 Å². The molecule has 1 atom stereocenters. The molecule has 1 saturated heterocycles. The Morgan fingerprint density at radius 2 is 2.39 bits per heavy atom. The van der Waals surface area contributed by atoms with Gasteiger partial charge in [0.15, 0.2) is 0 Å². The molecule has 0 radical (unpaired) electrons. The number of fused-ring (bicyclic) bond motifs is 1. The van der Waals surface area contributed by atoms with Crippen LogP contribution in [0.25, 0.3) is 5.65 Å². The van der Waals surface area contributed by atoms with Crippen LogP contribution in [0.5, 0.6) is 0 Å². The number of likely N-dealkylation sites (N-methyl/N-ethyl adjacent to an activating group) is 1. The lowest BCUT2D eigenvalue weighted by atomic mass is 10.1. The van der Waals surface area contributed by atoms with Crippen molar-refractivity contribution < 1.29 is 0 Å².